The fourth-order valence-corrected chi connectivity index (χ4v) is 1.07. The van der Waals surface area contributed by atoms with Gasteiger partial charge < -0.3 is 0 Å². The molecule has 0 radical (unpaired) electrons. The Kier molecular flexibility index (Phi) is 3.17. The van der Waals surface area contributed by atoms with Crippen LogP contribution in [0, 0.1) is 5.92 Å². The number of ketones is 1. The third kappa shape index (κ3) is 2.65. The van der Waals surface area contributed by atoms with Crippen molar-refractivity contribution < 1.29 is 4.79 Å². The van der Waals surface area contributed by atoms with Crippen molar-refractivity contribution in [3.63, 3.8) is 0 Å². The third-order valence-electron chi connectivity index (χ3n) is 1.70. The van der Waals surface area contributed by atoms with Crippen molar-refractivity contribution in [2.24, 2.45) is 5.92 Å². The molecule has 13 heavy (non-hydrogen) atoms. The molecule has 0 spiro atoms. The fraction of sp³-hybridized carbons (Fsp3) is 0.667. The average molecular weight is 181 g/mol. The molecule has 1 heterocycles. The topological polar surface area (TPSA) is 47.8 Å². The summed E-state index contributed by atoms with van der Waals surface area (Å²) in [6, 6.07) is 0. The van der Waals surface area contributed by atoms with Crippen LogP contribution in [-0.2, 0) is 6.54 Å². The SMILES string of the molecule is CCC(=O)c1cn(CC(C)C)nn1. The molecule has 0 aliphatic heterocycles. The van der Waals surface area contributed by atoms with Gasteiger partial charge in [-0.3, -0.25) is 9.48 Å². The molecule has 0 unspecified atom stereocenters. The summed E-state index contributed by atoms with van der Waals surface area (Å²) in [4.78, 5) is 11.2. The van der Waals surface area contributed by atoms with E-state index in [2.05, 4.69) is 24.2 Å². The summed E-state index contributed by atoms with van der Waals surface area (Å²) in [5, 5.41) is 7.67. The van der Waals surface area contributed by atoms with Crippen LogP contribution in [-0.4, -0.2) is 20.8 Å². The van der Waals surface area contributed by atoms with Crippen LogP contribution >= 0.6 is 0 Å². The number of nitrogens with zero attached hydrogens (tertiary/aromatic N) is 3. The van der Waals surface area contributed by atoms with Gasteiger partial charge in [-0.15, -0.1) is 5.10 Å². The van der Waals surface area contributed by atoms with Crippen molar-refractivity contribution in [2.75, 3.05) is 0 Å². The molecule has 0 bridgehead atoms. The molecular weight excluding hydrogens is 166 g/mol. The number of rotatable bonds is 4. The molecule has 0 N–H and O–H groups in total. The van der Waals surface area contributed by atoms with Crippen LogP contribution in [0.25, 0.3) is 0 Å². The van der Waals surface area contributed by atoms with Gasteiger partial charge in [0.25, 0.3) is 0 Å². The highest BCUT2D eigenvalue weighted by molar-refractivity contribution is 5.93. The molecule has 4 heteroatoms. The van der Waals surface area contributed by atoms with Gasteiger partial charge in [-0.2, -0.15) is 0 Å². The molecule has 0 aliphatic carbocycles. The predicted molar refractivity (Wildman–Crippen MR) is 49.5 cm³/mol. The van der Waals surface area contributed by atoms with Gasteiger partial charge >= 0.3 is 0 Å². The molecule has 0 fully saturated rings. The number of hydrogen-bond acceptors (Lipinski definition) is 3. The van der Waals surface area contributed by atoms with Crippen LogP contribution < -0.4 is 0 Å². The second-order valence-electron chi connectivity index (χ2n) is 3.50. The first-order valence-electron chi connectivity index (χ1n) is 4.56. The number of Topliss-reactive ketones (excluding diaryl/α,β-unsaturated/α-hetero) is 1. The van der Waals surface area contributed by atoms with Gasteiger partial charge in [-0.1, -0.05) is 26.0 Å². The van der Waals surface area contributed by atoms with Gasteiger partial charge in [-0.05, 0) is 5.92 Å². The zero-order chi connectivity index (χ0) is 9.84. The highest BCUT2D eigenvalue weighted by Gasteiger charge is 2.08. The molecule has 0 saturated heterocycles. The zero-order valence-electron chi connectivity index (χ0n) is 8.32. The van der Waals surface area contributed by atoms with Gasteiger partial charge in [0.1, 0.15) is 5.69 Å². The highest BCUT2D eigenvalue weighted by atomic mass is 16.1. The Labute approximate surface area is 77.9 Å². The lowest BCUT2D eigenvalue weighted by molar-refractivity contribution is 0.0983. The first kappa shape index (κ1) is 9.89. The molecule has 1 aromatic heterocycles. The van der Waals surface area contributed by atoms with Crippen LogP contribution in [0.3, 0.4) is 0 Å². The maximum atomic E-state index is 11.2. The minimum Gasteiger partial charge on any atom is -0.292 e. The molecule has 0 aromatic carbocycles. The van der Waals surface area contributed by atoms with Crippen LogP contribution in [0.5, 0.6) is 0 Å². The summed E-state index contributed by atoms with van der Waals surface area (Å²) in [7, 11) is 0. The zero-order valence-corrected chi connectivity index (χ0v) is 8.32. The Morgan fingerprint density at radius 2 is 2.31 bits per heavy atom. The van der Waals surface area contributed by atoms with Gasteiger partial charge in [0.2, 0.25) is 0 Å². The van der Waals surface area contributed by atoms with E-state index in [4.69, 9.17) is 0 Å². The summed E-state index contributed by atoms with van der Waals surface area (Å²) >= 11 is 0. The van der Waals surface area contributed by atoms with Gasteiger partial charge in [0.05, 0.1) is 6.20 Å². The summed E-state index contributed by atoms with van der Waals surface area (Å²) in [6.45, 7) is 6.83. The van der Waals surface area contributed by atoms with Crippen LogP contribution in [0.15, 0.2) is 6.20 Å². The second-order valence-corrected chi connectivity index (χ2v) is 3.50. The Morgan fingerprint density at radius 3 is 2.85 bits per heavy atom. The van der Waals surface area contributed by atoms with Crippen molar-refractivity contribution in [1.29, 1.82) is 0 Å². The third-order valence-corrected chi connectivity index (χ3v) is 1.70. The monoisotopic (exact) mass is 181 g/mol. The van der Waals surface area contributed by atoms with E-state index in [0.717, 1.165) is 6.54 Å². The maximum absolute atomic E-state index is 11.2. The van der Waals surface area contributed by atoms with Crippen molar-refractivity contribution in [3.05, 3.63) is 11.9 Å². The van der Waals surface area contributed by atoms with Crippen molar-refractivity contribution >= 4 is 5.78 Å². The molecule has 0 amide bonds. The number of hydrogen-bond donors (Lipinski definition) is 0. The summed E-state index contributed by atoms with van der Waals surface area (Å²) in [5.74, 6) is 0.571. The summed E-state index contributed by atoms with van der Waals surface area (Å²) in [5.41, 5.74) is 0.475. The van der Waals surface area contributed by atoms with E-state index in [0.29, 0.717) is 18.0 Å². The van der Waals surface area contributed by atoms with Crippen LogP contribution in [0.1, 0.15) is 37.7 Å². The highest BCUT2D eigenvalue weighted by Crippen LogP contribution is 2.01. The van der Waals surface area contributed by atoms with Crippen molar-refractivity contribution in [2.45, 2.75) is 33.7 Å². The Morgan fingerprint density at radius 1 is 1.62 bits per heavy atom. The minimum atomic E-state index is 0.0509. The van der Waals surface area contributed by atoms with E-state index in [1.54, 1.807) is 10.9 Å². The first-order valence-corrected chi connectivity index (χ1v) is 4.56. The largest absolute Gasteiger partial charge is 0.292 e. The molecule has 0 atom stereocenters. The molecule has 1 aromatic rings. The molecule has 1 rings (SSSR count). The lowest BCUT2D eigenvalue weighted by Crippen LogP contribution is -2.04. The van der Waals surface area contributed by atoms with E-state index in [1.807, 2.05) is 6.92 Å². The quantitative estimate of drug-likeness (QED) is 0.662. The lowest BCUT2D eigenvalue weighted by atomic mass is 10.2. The Balaban J connectivity index is 2.69. The standard InChI is InChI=1S/C9H15N3O/c1-4-9(13)8-6-12(11-10-8)5-7(2)3/h6-7H,4-5H2,1-3H3. The van der Waals surface area contributed by atoms with Crippen molar-refractivity contribution in [3.8, 4) is 0 Å². The molecule has 0 saturated carbocycles. The molecule has 4 nitrogen and oxygen atoms in total. The van der Waals surface area contributed by atoms with Crippen LogP contribution in [0.2, 0.25) is 0 Å². The predicted octanol–water partition coefficient (Wildman–Crippen LogP) is 1.53. The van der Waals surface area contributed by atoms with Gasteiger partial charge in [0.15, 0.2) is 5.78 Å². The van der Waals surface area contributed by atoms with Gasteiger partial charge in [-0.25, -0.2) is 0 Å². The number of aromatic nitrogens is 3. The van der Waals surface area contributed by atoms with Gasteiger partial charge in [0, 0.05) is 13.0 Å². The number of carbonyl (C=O) groups excluding carboxylic acids is 1. The average Bonchev–Trinajstić information content (AvgIpc) is 2.50. The Hall–Kier alpha value is -1.19. The smallest absolute Gasteiger partial charge is 0.184 e. The second kappa shape index (κ2) is 4.16. The lowest BCUT2D eigenvalue weighted by Gasteiger charge is -2.01. The van der Waals surface area contributed by atoms with E-state index in [9.17, 15) is 4.79 Å². The van der Waals surface area contributed by atoms with E-state index < -0.39 is 0 Å². The molecule has 0 aliphatic rings. The van der Waals surface area contributed by atoms with Crippen molar-refractivity contribution in [1.82, 2.24) is 15.0 Å². The molecule has 72 valence electrons. The van der Waals surface area contributed by atoms with E-state index in [-0.39, 0.29) is 5.78 Å². The van der Waals surface area contributed by atoms with E-state index >= 15 is 0 Å². The Bertz CT molecular complexity index is 291. The van der Waals surface area contributed by atoms with E-state index in [1.165, 1.54) is 0 Å². The fourth-order valence-electron chi connectivity index (χ4n) is 1.07. The summed E-state index contributed by atoms with van der Waals surface area (Å²) < 4.78 is 1.72. The molecular formula is C9H15N3O. The summed E-state index contributed by atoms with van der Waals surface area (Å²) in [6.07, 6.45) is 2.20. The maximum Gasteiger partial charge on any atom is 0.184 e. The normalized spacial score (nSPS) is 10.8. The van der Waals surface area contributed by atoms with Crippen LogP contribution in [0.4, 0.5) is 0 Å². The number of carbonyl (C=O) groups is 1. The minimum absolute atomic E-state index is 0.0509. The first-order chi connectivity index (χ1) is 6.13.